The topological polar surface area (TPSA) is 75.5 Å². The lowest BCUT2D eigenvalue weighted by Crippen LogP contribution is -2.57. The van der Waals surface area contributed by atoms with Gasteiger partial charge in [0, 0.05) is 23.4 Å². The Morgan fingerprint density at radius 2 is 2.13 bits per heavy atom. The zero-order valence-corrected chi connectivity index (χ0v) is 13.3. The maximum absolute atomic E-state index is 12.6. The summed E-state index contributed by atoms with van der Waals surface area (Å²) in [4.78, 5) is 26.2. The third-order valence-corrected chi connectivity index (χ3v) is 6.03. The molecule has 1 aromatic heterocycles. The van der Waals surface area contributed by atoms with E-state index < -0.39 is 4.92 Å². The summed E-state index contributed by atoms with van der Waals surface area (Å²) >= 11 is 1.32. The summed E-state index contributed by atoms with van der Waals surface area (Å²) in [6.45, 7) is 3.18. The van der Waals surface area contributed by atoms with E-state index in [0.29, 0.717) is 16.2 Å². The quantitative estimate of drug-likeness (QED) is 0.693. The van der Waals surface area contributed by atoms with E-state index in [0.717, 1.165) is 37.2 Å². The first-order valence-corrected chi connectivity index (χ1v) is 8.63. The Labute approximate surface area is 137 Å². The number of carbonyl (C=O) groups excluding carboxylic acids is 1. The standard InChI is InChI=1S/C16H17N3O3S/c20-16(17-12-9-18-6-4-10(12)5-7-18)15-8-11-13(19(21)22)2-1-3-14(11)23-15/h1-3,8,10,12H,4-7,9H2,(H,17,20). The van der Waals surface area contributed by atoms with E-state index in [1.807, 2.05) is 6.07 Å². The molecule has 3 fully saturated rings. The van der Waals surface area contributed by atoms with Crippen LogP contribution in [0.5, 0.6) is 0 Å². The number of carbonyl (C=O) groups is 1. The number of nitrogens with one attached hydrogen (secondary N) is 1. The van der Waals surface area contributed by atoms with Gasteiger partial charge in [0.2, 0.25) is 0 Å². The zero-order chi connectivity index (χ0) is 16.0. The molecule has 1 aromatic carbocycles. The summed E-state index contributed by atoms with van der Waals surface area (Å²) < 4.78 is 0.776. The highest BCUT2D eigenvalue weighted by molar-refractivity contribution is 7.20. The molecule has 5 rings (SSSR count). The molecule has 0 spiro atoms. The molecule has 23 heavy (non-hydrogen) atoms. The number of nitrogens with zero attached hydrogens (tertiary/aromatic N) is 2. The molecule has 7 heteroatoms. The molecule has 3 aliphatic rings. The SMILES string of the molecule is O=C(NC1CN2CCC1CC2)c1cc2c([N+](=O)[O-])cccc2s1. The minimum atomic E-state index is -0.399. The van der Waals surface area contributed by atoms with Gasteiger partial charge in [0.15, 0.2) is 0 Å². The van der Waals surface area contributed by atoms with Gasteiger partial charge < -0.3 is 10.2 Å². The van der Waals surface area contributed by atoms with Gasteiger partial charge in [-0.05, 0) is 44.0 Å². The van der Waals surface area contributed by atoms with Crippen LogP contribution in [0.2, 0.25) is 0 Å². The molecule has 3 saturated heterocycles. The van der Waals surface area contributed by atoms with Crippen molar-refractivity contribution in [1.29, 1.82) is 0 Å². The van der Waals surface area contributed by atoms with Gasteiger partial charge in [-0.15, -0.1) is 11.3 Å². The van der Waals surface area contributed by atoms with Crippen molar-refractivity contribution in [2.45, 2.75) is 18.9 Å². The number of nitro benzene ring substituents is 1. The Morgan fingerprint density at radius 3 is 2.78 bits per heavy atom. The van der Waals surface area contributed by atoms with Crippen molar-refractivity contribution in [3.05, 3.63) is 39.3 Å². The minimum absolute atomic E-state index is 0.0561. The van der Waals surface area contributed by atoms with Crippen LogP contribution in [0.1, 0.15) is 22.5 Å². The normalized spacial score (nSPS) is 26.3. The van der Waals surface area contributed by atoms with Crippen LogP contribution in [0.3, 0.4) is 0 Å². The number of thiophene rings is 1. The number of nitro groups is 1. The Hall–Kier alpha value is -1.99. The van der Waals surface area contributed by atoms with E-state index in [4.69, 9.17) is 0 Å². The number of fused-ring (bicyclic) bond motifs is 4. The molecule has 4 heterocycles. The van der Waals surface area contributed by atoms with Crippen LogP contribution in [-0.4, -0.2) is 41.4 Å². The lowest BCUT2D eigenvalue weighted by molar-refractivity contribution is -0.383. The van der Waals surface area contributed by atoms with E-state index in [-0.39, 0.29) is 17.6 Å². The lowest BCUT2D eigenvalue weighted by Gasteiger charge is -2.44. The fraction of sp³-hybridized carbons (Fsp3) is 0.438. The Bertz CT molecular complexity index is 780. The second kappa shape index (κ2) is 5.58. The second-order valence-electron chi connectivity index (χ2n) is 6.27. The molecule has 2 bridgehead atoms. The summed E-state index contributed by atoms with van der Waals surface area (Å²) in [7, 11) is 0. The summed E-state index contributed by atoms with van der Waals surface area (Å²) in [5.74, 6) is 0.451. The number of hydrogen-bond donors (Lipinski definition) is 1. The van der Waals surface area contributed by atoms with E-state index in [9.17, 15) is 14.9 Å². The van der Waals surface area contributed by atoms with Crippen LogP contribution in [0.15, 0.2) is 24.3 Å². The van der Waals surface area contributed by atoms with Gasteiger partial charge in [-0.1, -0.05) is 6.07 Å². The highest BCUT2D eigenvalue weighted by atomic mass is 32.1. The van der Waals surface area contributed by atoms with Crippen molar-refractivity contribution in [3.8, 4) is 0 Å². The highest BCUT2D eigenvalue weighted by Gasteiger charge is 2.35. The summed E-state index contributed by atoms with van der Waals surface area (Å²) in [6.07, 6.45) is 2.28. The molecule has 6 nitrogen and oxygen atoms in total. The molecule has 120 valence electrons. The predicted octanol–water partition coefficient (Wildman–Crippen LogP) is 2.63. The van der Waals surface area contributed by atoms with Crippen molar-refractivity contribution in [2.24, 2.45) is 5.92 Å². The maximum Gasteiger partial charge on any atom is 0.278 e. The Balaban J connectivity index is 1.58. The van der Waals surface area contributed by atoms with Gasteiger partial charge in [0.1, 0.15) is 0 Å². The maximum atomic E-state index is 12.6. The number of amides is 1. The molecule has 1 N–H and O–H groups in total. The van der Waals surface area contributed by atoms with Crippen LogP contribution >= 0.6 is 11.3 Å². The van der Waals surface area contributed by atoms with Crippen LogP contribution < -0.4 is 5.32 Å². The van der Waals surface area contributed by atoms with Crippen LogP contribution in [-0.2, 0) is 0 Å². The van der Waals surface area contributed by atoms with Crippen LogP contribution in [0.4, 0.5) is 5.69 Å². The molecule has 3 aliphatic heterocycles. The third-order valence-electron chi connectivity index (χ3n) is 4.93. The smallest absolute Gasteiger partial charge is 0.278 e. The van der Waals surface area contributed by atoms with E-state index >= 15 is 0 Å². The molecular weight excluding hydrogens is 314 g/mol. The van der Waals surface area contributed by atoms with Crippen LogP contribution in [0.25, 0.3) is 10.1 Å². The third kappa shape index (κ3) is 2.60. The minimum Gasteiger partial charge on any atom is -0.347 e. The van der Waals surface area contributed by atoms with E-state index in [2.05, 4.69) is 10.2 Å². The van der Waals surface area contributed by atoms with Crippen molar-refractivity contribution in [2.75, 3.05) is 19.6 Å². The monoisotopic (exact) mass is 331 g/mol. The van der Waals surface area contributed by atoms with Gasteiger partial charge in [-0.25, -0.2) is 0 Å². The molecule has 2 aromatic rings. The average molecular weight is 331 g/mol. The fourth-order valence-electron chi connectivity index (χ4n) is 3.68. The summed E-state index contributed by atoms with van der Waals surface area (Å²) in [6, 6.07) is 6.80. The lowest BCUT2D eigenvalue weighted by atomic mass is 9.84. The molecule has 1 amide bonds. The summed E-state index contributed by atoms with van der Waals surface area (Å²) in [5, 5.41) is 14.8. The zero-order valence-electron chi connectivity index (χ0n) is 12.5. The van der Waals surface area contributed by atoms with Crippen LogP contribution in [0, 0.1) is 16.0 Å². The number of non-ortho nitro benzene ring substituents is 1. The Morgan fingerprint density at radius 1 is 1.35 bits per heavy atom. The number of hydrogen-bond acceptors (Lipinski definition) is 5. The number of benzene rings is 1. The summed E-state index contributed by atoms with van der Waals surface area (Å²) in [5.41, 5.74) is 0.0561. The van der Waals surface area contributed by atoms with E-state index in [1.165, 1.54) is 17.4 Å². The van der Waals surface area contributed by atoms with Gasteiger partial charge in [0.05, 0.1) is 15.2 Å². The van der Waals surface area contributed by atoms with Crippen molar-refractivity contribution >= 4 is 33.0 Å². The molecule has 0 aliphatic carbocycles. The fourth-order valence-corrected chi connectivity index (χ4v) is 4.67. The first-order valence-electron chi connectivity index (χ1n) is 7.82. The first kappa shape index (κ1) is 14.6. The van der Waals surface area contributed by atoms with Gasteiger partial charge in [0.25, 0.3) is 11.6 Å². The molecule has 0 radical (unpaired) electrons. The molecule has 0 saturated carbocycles. The predicted molar refractivity (Wildman–Crippen MR) is 88.9 cm³/mol. The average Bonchev–Trinajstić information content (AvgIpc) is 3.00. The van der Waals surface area contributed by atoms with Gasteiger partial charge in [-0.3, -0.25) is 14.9 Å². The highest BCUT2D eigenvalue weighted by Crippen LogP contribution is 2.33. The van der Waals surface area contributed by atoms with Gasteiger partial charge in [-0.2, -0.15) is 0 Å². The van der Waals surface area contributed by atoms with Crippen molar-refractivity contribution < 1.29 is 9.72 Å². The molecular formula is C16H17N3O3S. The van der Waals surface area contributed by atoms with Crippen molar-refractivity contribution in [3.63, 3.8) is 0 Å². The molecule has 1 atom stereocenters. The largest absolute Gasteiger partial charge is 0.347 e. The first-order chi connectivity index (χ1) is 11.1. The molecule has 1 unspecified atom stereocenters. The number of piperidine rings is 3. The van der Waals surface area contributed by atoms with Crippen molar-refractivity contribution in [1.82, 2.24) is 10.2 Å². The van der Waals surface area contributed by atoms with Gasteiger partial charge >= 0.3 is 0 Å². The van der Waals surface area contributed by atoms with E-state index in [1.54, 1.807) is 12.1 Å². The Kier molecular flexibility index (Phi) is 3.54. The second-order valence-corrected chi connectivity index (χ2v) is 7.36. The number of rotatable bonds is 3.